The average Bonchev–Trinajstić information content (AvgIpc) is 2.87. The quantitative estimate of drug-likeness (QED) is 0.788. The van der Waals surface area contributed by atoms with E-state index in [0.29, 0.717) is 29.1 Å². The van der Waals surface area contributed by atoms with E-state index < -0.39 is 6.03 Å². The van der Waals surface area contributed by atoms with E-state index in [9.17, 15) is 14.4 Å². The third kappa shape index (κ3) is 3.76. The van der Waals surface area contributed by atoms with Crippen LogP contribution >= 0.6 is 0 Å². The zero-order chi connectivity index (χ0) is 19.6. The lowest BCUT2D eigenvalue weighted by Gasteiger charge is -2.17. The van der Waals surface area contributed by atoms with Crippen LogP contribution in [0.3, 0.4) is 0 Å². The maximum atomic E-state index is 12.4. The molecule has 0 unspecified atom stereocenters. The highest BCUT2D eigenvalue weighted by atomic mass is 16.5. The first-order valence-corrected chi connectivity index (χ1v) is 8.73. The molecule has 2 aromatic carbocycles. The minimum absolute atomic E-state index is 0.225. The molecule has 7 heteroatoms. The van der Waals surface area contributed by atoms with E-state index in [1.54, 1.807) is 50.2 Å². The molecule has 0 fully saturated rings. The number of hydrogen-bond acceptors (Lipinski definition) is 4. The fourth-order valence-electron chi connectivity index (χ4n) is 2.90. The molecule has 0 atom stereocenters. The molecule has 140 valence electrons. The standard InChI is InChI=1S/C20H21N3O4/c1-4-27-15-8-5-13(6-9-15)21-20(26)22-14-7-10-16-17(11-14)19(25)23(12(2)3)18(16)24/h5-12H,4H2,1-3H3,(H2,21,22,26). The van der Waals surface area contributed by atoms with E-state index in [0.717, 1.165) is 5.75 Å². The minimum atomic E-state index is -0.448. The van der Waals surface area contributed by atoms with Crippen molar-refractivity contribution in [1.82, 2.24) is 4.90 Å². The summed E-state index contributed by atoms with van der Waals surface area (Å²) in [4.78, 5) is 38.1. The van der Waals surface area contributed by atoms with Gasteiger partial charge in [0.25, 0.3) is 11.8 Å². The van der Waals surface area contributed by atoms with Gasteiger partial charge in [0.1, 0.15) is 5.75 Å². The number of nitrogens with zero attached hydrogens (tertiary/aromatic N) is 1. The number of amides is 4. The van der Waals surface area contributed by atoms with Crippen LogP contribution in [-0.2, 0) is 0 Å². The highest BCUT2D eigenvalue weighted by Gasteiger charge is 2.37. The van der Waals surface area contributed by atoms with Crippen molar-refractivity contribution in [2.75, 3.05) is 17.2 Å². The van der Waals surface area contributed by atoms with Crippen LogP contribution in [0.1, 0.15) is 41.5 Å². The summed E-state index contributed by atoms with van der Waals surface area (Å²) in [7, 11) is 0. The molecule has 0 aromatic heterocycles. The summed E-state index contributed by atoms with van der Waals surface area (Å²) in [5.74, 6) is 0.0657. The predicted molar refractivity (Wildman–Crippen MR) is 102 cm³/mol. The topological polar surface area (TPSA) is 87.7 Å². The first-order chi connectivity index (χ1) is 12.9. The number of nitrogens with one attached hydrogen (secondary N) is 2. The van der Waals surface area contributed by atoms with Crippen LogP contribution in [-0.4, -0.2) is 35.4 Å². The van der Waals surface area contributed by atoms with Crippen LogP contribution in [0.25, 0.3) is 0 Å². The summed E-state index contributed by atoms with van der Waals surface area (Å²) in [5, 5.41) is 5.38. The summed E-state index contributed by atoms with van der Waals surface area (Å²) in [6.45, 7) is 6.03. The van der Waals surface area contributed by atoms with E-state index in [4.69, 9.17) is 4.74 Å². The Morgan fingerprint density at radius 3 is 2.19 bits per heavy atom. The molecule has 27 heavy (non-hydrogen) atoms. The lowest BCUT2D eigenvalue weighted by molar-refractivity contribution is 0.0609. The fourth-order valence-corrected chi connectivity index (χ4v) is 2.90. The Kier molecular flexibility index (Phi) is 5.12. The van der Waals surface area contributed by atoms with Gasteiger partial charge in [0.05, 0.1) is 17.7 Å². The number of fused-ring (bicyclic) bond motifs is 1. The highest BCUT2D eigenvalue weighted by Crippen LogP contribution is 2.27. The number of carbonyl (C=O) groups is 3. The van der Waals surface area contributed by atoms with Gasteiger partial charge in [0, 0.05) is 17.4 Å². The highest BCUT2D eigenvalue weighted by molar-refractivity contribution is 6.22. The number of anilines is 2. The third-order valence-electron chi connectivity index (χ3n) is 4.12. The van der Waals surface area contributed by atoms with Gasteiger partial charge in [-0.1, -0.05) is 0 Å². The average molecular weight is 367 g/mol. The summed E-state index contributed by atoms with van der Waals surface area (Å²) < 4.78 is 5.36. The maximum absolute atomic E-state index is 12.4. The summed E-state index contributed by atoms with van der Waals surface area (Å²) in [6, 6.07) is 11.0. The van der Waals surface area contributed by atoms with Crippen LogP contribution < -0.4 is 15.4 Å². The van der Waals surface area contributed by atoms with Gasteiger partial charge in [0.15, 0.2) is 0 Å². The van der Waals surface area contributed by atoms with Gasteiger partial charge in [-0.25, -0.2) is 4.79 Å². The molecule has 1 heterocycles. The van der Waals surface area contributed by atoms with Gasteiger partial charge in [0.2, 0.25) is 0 Å². The number of benzene rings is 2. The zero-order valence-electron chi connectivity index (χ0n) is 15.4. The van der Waals surface area contributed by atoms with Crippen molar-refractivity contribution in [1.29, 1.82) is 0 Å². The van der Waals surface area contributed by atoms with Crippen molar-refractivity contribution in [3.05, 3.63) is 53.6 Å². The SMILES string of the molecule is CCOc1ccc(NC(=O)Nc2ccc3c(c2)C(=O)N(C(C)C)C3=O)cc1. The molecule has 2 N–H and O–H groups in total. The Hall–Kier alpha value is -3.35. The number of rotatable bonds is 5. The van der Waals surface area contributed by atoms with Crippen LogP contribution in [0.15, 0.2) is 42.5 Å². The lowest BCUT2D eigenvalue weighted by atomic mass is 10.1. The van der Waals surface area contributed by atoms with Crippen molar-refractivity contribution in [3.8, 4) is 5.75 Å². The molecule has 0 saturated heterocycles. The number of ether oxygens (including phenoxy) is 1. The first kappa shape index (κ1) is 18.4. The third-order valence-corrected chi connectivity index (χ3v) is 4.12. The van der Waals surface area contributed by atoms with E-state index in [-0.39, 0.29) is 17.9 Å². The number of urea groups is 1. The van der Waals surface area contributed by atoms with Crippen LogP contribution in [0.4, 0.5) is 16.2 Å². The fraction of sp³-hybridized carbons (Fsp3) is 0.250. The molecule has 0 bridgehead atoms. The van der Waals surface area contributed by atoms with Crippen molar-refractivity contribution in [3.63, 3.8) is 0 Å². The van der Waals surface area contributed by atoms with E-state index in [1.165, 1.54) is 11.0 Å². The van der Waals surface area contributed by atoms with Gasteiger partial charge in [-0.15, -0.1) is 0 Å². The van der Waals surface area contributed by atoms with E-state index in [1.807, 2.05) is 6.92 Å². The Morgan fingerprint density at radius 2 is 1.56 bits per heavy atom. The molecule has 3 rings (SSSR count). The van der Waals surface area contributed by atoms with Gasteiger partial charge in [-0.2, -0.15) is 0 Å². The molecule has 0 spiro atoms. The minimum Gasteiger partial charge on any atom is -0.494 e. The molecule has 7 nitrogen and oxygen atoms in total. The van der Waals surface area contributed by atoms with Crippen LogP contribution in [0.2, 0.25) is 0 Å². The second-order valence-corrected chi connectivity index (χ2v) is 6.37. The maximum Gasteiger partial charge on any atom is 0.323 e. The predicted octanol–water partition coefficient (Wildman–Crippen LogP) is 3.73. The van der Waals surface area contributed by atoms with Gasteiger partial charge < -0.3 is 15.4 Å². The van der Waals surface area contributed by atoms with Crippen molar-refractivity contribution in [2.45, 2.75) is 26.8 Å². The summed E-state index contributed by atoms with van der Waals surface area (Å²) in [5.41, 5.74) is 1.69. The monoisotopic (exact) mass is 367 g/mol. The molecule has 2 aromatic rings. The number of imide groups is 1. The second kappa shape index (κ2) is 7.49. The molecule has 0 aliphatic carbocycles. The van der Waals surface area contributed by atoms with Gasteiger partial charge in [-0.05, 0) is 63.2 Å². The molecule has 1 aliphatic heterocycles. The van der Waals surface area contributed by atoms with Crippen LogP contribution in [0.5, 0.6) is 5.75 Å². The molecule has 1 aliphatic rings. The largest absolute Gasteiger partial charge is 0.494 e. The van der Waals surface area contributed by atoms with Crippen molar-refractivity contribution in [2.24, 2.45) is 0 Å². The molecular formula is C20H21N3O4. The smallest absolute Gasteiger partial charge is 0.323 e. The molecule has 0 radical (unpaired) electrons. The van der Waals surface area contributed by atoms with E-state index in [2.05, 4.69) is 10.6 Å². The zero-order valence-corrected chi connectivity index (χ0v) is 15.4. The summed E-state index contributed by atoms with van der Waals surface area (Å²) in [6.07, 6.45) is 0. The van der Waals surface area contributed by atoms with Crippen molar-refractivity contribution >= 4 is 29.2 Å². The Morgan fingerprint density at radius 1 is 0.963 bits per heavy atom. The van der Waals surface area contributed by atoms with Gasteiger partial charge in [-0.3, -0.25) is 14.5 Å². The Bertz CT molecular complexity index is 891. The number of hydrogen-bond donors (Lipinski definition) is 2. The Labute approximate surface area is 157 Å². The first-order valence-electron chi connectivity index (χ1n) is 8.73. The van der Waals surface area contributed by atoms with Crippen molar-refractivity contribution < 1.29 is 19.1 Å². The van der Waals surface area contributed by atoms with Gasteiger partial charge >= 0.3 is 6.03 Å². The number of carbonyl (C=O) groups excluding carboxylic acids is 3. The normalized spacial score (nSPS) is 13.0. The molecular weight excluding hydrogens is 346 g/mol. The Balaban J connectivity index is 1.69. The molecule has 4 amide bonds. The lowest BCUT2D eigenvalue weighted by Crippen LogP contribution is -2.35. The second-order valence-electron chi connectivity index (χ2n) is 6.37. The van der Waals surface area contributed by atoms with Crippen LogP contribution in [0, 0.1) is 0 Å². The molecule has 0 saturated carbocycles. The van der Waals surface area contributed by atoms with E-state index >= 15 is 0 Å². The summed E-state index contributed by atoms with van der Waals surface area (Å²) >= 11 is 0.